The molecule has 0 unspecified atom stereocenters. The minimum absolute atomic E-state index is 0.316. The first-order valence-electron chi connectivity index (χ1n) is 19.1. The van der Waals surface area contributed by atoms with Crippen LogP contribution in [0.15, 0.2) is 176 Å². The first-order chi connectivity index (χ1) is 27.9. The Morgan fingerprint density at radius 3 is 1.63 bits per heavy atom. The smallest absolute Gasteiger partial charge is 0.164 e. The molecule has 5 nitrogen and oxygen atoms in total. The summed E-state index contributed by atoms with van der Waals surface area (Å²) in [5, 5.41) is 12.2. The Labute approximate surface area is 331 Å². The number of nitrogens with zero attached hydrogens (tertiary/aromatic N) is 5. The predicted octanol–water partition coefficient (Wildman–Crippen LogP) is 12.6. The van der Waals surface area contributed by atoms with Gasteiger partial charge in [0.15, 0.2) is 17.5 Å². The normalized spacial score (nSPS) is 12.5. The number of benzene rings is 7. The molecule has 9 aromatic rings. The number of nitriles is 1. The van der Waals surface area contributed by atoms with Crippen LogP contribution in [0, 0.1) is 11.3 Å². The van der Waals surface area contributed by atoms with Crippen molar-refractivity contribution >= 4 is 10.8 Å². The Morgan fingerprint density at radius 2 is 0.965 bits per heavy atom. The second-order valence-corrected chi connectivity index (χ2v) is 15.0. The van der Waals surface area contributed by atoms with Gasteiger partial charge in [0.05, 0.1) is 11.6 Å². The van der Waals surface area contributed by atoms with Crippen molar-refractivity contribution in [2.75, 3.05) is 0 Å². The molecule has 0 radical (unpaired) electrons. The quantitative estimate of drug-likeness (QED) is 0.170. The van der Waals surface area contributed by atoms with E-state index in [4.69, 9.17) is 15.0 Å². The van der Waals surface area contributed by atoms with Crippen molar-refractivity contribution in [1.82, 2.24) is 19.9 Å². The van der Waals surface area contributed by atoms with Crippen LogP contribution < -0.4 is 0 Å². The van der Waals surface area contributed by atoms with Crippen LogP contribution in [0.2, 0.25) is 0 Å². The van der Waals surface area contributed by atoms with Crippen molar-refractivity contribution in [1.29, 1.82) is 5.26 Å². The summed E-state index contributed by atoms with van der Waals surface area (Å²) in [7, 11) is 0. The fourth-order valence-electron chi connectivity index (χ4n) is 8.27. The molecule has 57 heavy (non-hydrogen) atoms. The Bertz CT molecular complexity index is 3020. The van der Waals surface area contributed by atoms with E-state index in [0.29, 0.717) is 23.0 Å². The maximum absolute atomic E-state index is 10.1. The van der Waals surface area contributed by atoms with Gasteiger partial charge in [0.1, 0.15) is 0 Å². The van der Waals surface area contributed by atoms with Crippen molar-refractivity contribution in [2.24, 2.45) is 0 Å². The number of fused-ring (bicyclic) bond motifs is 5. The van der Waals surface area contributed by atoms with E-state index in [0.717, 1.165) is 60.8 Å². The van der Waals surface area contributed by atoms with Crippen molar-refractivity contribution in [3.8, 4) is 84.7 Å². The third-order valence-electron chi connectivity index (χ3n) is 11.2. The maximum Gasteiger partial charge on any atom is 0.164 e. The van der Waals surface area contributed by atoms with Gasteiger partial charge in [0.2, 0.25) is 0 Å². The summed E-state index contributed by atoms with van der Waals surface area (Å²) in [6.45, 7) is 4.53. The number of hydrogen-bond acceptors (Lipinski definition) is 5. The summed E-state index contributed by atoms with van der Waals surface area (Å²) in [5.74, 6) is 1.80. The van der Waals surface area contributed by atoms with E-state index in [1.54, 1.807) is 6.20 Å². The van der Waals surface area contributed by atoms with Crippen LogP contribution in [-0.2, 0) is 5.41 Å². The van der Waals surface area contributed by atoms with Gasteiger partial charge in [-0.25, -0.2) is 15.0 Å². The minimum Gasteiger partial charge on any atom is -0.264 e. The van der Waals surface area contributed by atoms with Crippen LogP contribution in [0.25, 0.3) is 89.4 Å². The molecule has 2 heterocycles. The zero-order valence-corrected chi connectivity index (χ0v) is 31.5. The van der Waals surface area contributed by atoms with Gasteiger partial charge in [-0.3, -0.25) is 4.98 Å². The van der Waals surface area contributed by atoms with Gasteiger partial charge in [-0.05, 0) is 91.9 Å². The van der Waals surface area contributed by atoms with E-state index in [9.17, 15) is 5.26 Å². The molecule has 0 amide bonds. The highest BCUT2D eigenvalue weighted by molar-refractivity contribution is 6.05. The lowest BCUT2D eigenvalue weighted by molar-refractivity contribution is 0.661. The Morgan fingerprint density at radius 1 is 0.439 bits per heavy atom. The highest BCUT2D eigenvalue weighted by Gasteiger charge is 2.37. The lowest BCUT2D eigenvalue weighted by Crippen LogP contribution is -2.15. The van der Waals surface area contributed by atoms with Crippen LogP contribution in [0.5, 0.6) is 0 Å². The molecule has 1 aliphatic carbocycles. The van der Waals surface area contributed by atoms with Crippen LogP contribution in [0.3, 0.4) is 0 Å². The molecular formula is C52H35N5. The Kier molecular flexibility index (Phi) is 8.13. The average Bonchev–Trinajstić information content (AvgIpc) is 3.51. The molecule has 2 aromatic heterocycles. The van der Waals surface area contributed by atoms with Gasteiger partial charge < -0.3 is 0 Å². The fourth-order valence-corrected chi connectivity index (χ4v) is 8.27. The van der Waals surface area contributed by atoms with Crippen LogP contribution in [0.4, 0.5) is 0 Å². The zero-order chi connectivity index (χ0) is 38.5. The van der Waals surface area contributed by atoms with Crippen molar-refractivity contribution < 1.29 is 0 Å². The second kappa shape index (κ2) is 13.6. The van der Waals surface area contributed by atoms with Gasteiger partial charge in [-0.15, -0.1) is 0 Å². The molecule has 0 fully saturated rings. The third kappa shape index (κ3) is 5.96. The molecule has 0 aliphatic heterocycles. The lowest BCUT2D eigenvalue weighted by Gasteiger charge is -2.22. The first-order valence-corrected chi connectivity index (χ1v) is 19.1. The number of hydrogen-bond donors (Lipinski definition) is 0. The molecule has 268 valence electrons. The second-order valence-electron chi connectivity index (χ2n) is 15.0. The number of aromatic nitrogens is 4. The molecule has 0 N–H and O–H groups in total. The Hall–Kier alpha value is -7.55. The van der Waals surface area contributed by atoms with E-state index in [2.05, 4.69) is 140 Å². The number of rotatable bonds is 6. The molecular weight excluding hydrogens is 695 g/mol. The molecule has 0 saturated carbocycles. The molecule has 5 heteroatoms. The van der Waals surface area contributed by atoms with E-state index < -0.39 is 0 Å². The monoisotopic (exact) mass is 729 g/mol. The highest BCUT2D eigenvalue weighted by Crippen LogP contribution is 2.53. The zero-order valence-electron chi connectivity index (χ0n) is 31.5. The van der Waals surface area contributed by atoms with Crippen molar-refractivity contribution in [2.45, 2.75) is 19.3 Å². The largest absolute Gasteiger partial charge is 0.264 e. The van der Waals surface area contributed by atoms with Gasteiger partial charge in [-0.2, -0.15) is 5.26 Å². The highest BCUT2D eigenvalue weighted by atomic mass is 15.0. The summed E-state index contributed by atoms with van der Waals surface area (Å²) >= 11 is 0. The predicted molar refractivity (Wildman–Crippen MR) is 230 cm³/mol. The van der Waals surface area contributed by atoms with Crippen LogP contribution in [-0.4, -0.2) is 19.9 Å². The van der Waals surface area contributed by atoms with E-state index >= 15 is 0 Å². The fraction of sp³-hybridized carbons (Fsp3) is 0.0577. The summed E-state index contributed by atoms with van der Waals surface area (Å²) in [6, 6.07) is 59.1. The topological polar surface area (TPSA) is 75.3 Å². The van der Waals surface area contributed by atoms with E-state index in [1.807, 2.05) is 54.7 Å². The molecule has 0 spiro atoms. The molecule has 1 aliphatic rings. The SMILES string of the molecule is CC1(C)c2cc(-c3cc(-c4cccnc4)cc(-c4nc(-c5ccccc5)nc(-c5ccc(-c6ccccc6)cc5)n4)c3)ccc2-c2c1cc(C#N)c1ccccc21. The summed E-state index contributed by atoms with van der Waals surface area (Å²) in [4.78, 5) is 19.8. The maximum atomic E-state index is 10.1. The minimum atomic E-state index is -0.316. The van der Waals surface area contributed by atoms with E-state index in [-0.39, 0.29) is 5.41 Å². The molecule has 0 bridgehead atoms. The van der Waals surface area contributed by atoms with E-state index in [1.165, 1.54) is 22.3 Å². The molecule has 0 atom stereocenters. The van der Waals surface area contributed by atoms with Crippen LogP contribution >= 0.6 is 0 Å². The van der Waals surface area contributed by atoms with Crippen molar-refractivity contribution in [3.63, 3.8) is 0 Å². The molecule has 10 rings (SSSR count). The van der Waals surface area contributed by atoms with Gasteiger partial charge in [0.25, 0.3) is 0 Å². The number of pyridine rings is 1. The lowest BCUT2D eigenvalue weighted by atomic mass is 9.80. The molecule has 0 saturated heterocycles. The summed E-state index contributed by atoms with van der Waals surface area (Å²) in [6.07, 6.45) is 3.69. The third-order valence-corrected chi connectivity index (χ3v) is 11.2. The van der Waals surface area contributed by atoms with Crippen molar-refractivity contribution in [3.05, 3.63) is 193 Å². The summed E-state index contributed by atoms with van der Waals surface area (Å²) < 4.78 is 0. The standard InChI is InChI=1S/C52H35N5/c1-52(2)46-29-37(23-24-45(46)48-44-18-10-9-17-43(44)42(31-53)30-47(48)52)39-26-40(38-16-11-25-54-32-38)28-41(27-39)51-56-49(35-14-7-4-8-15-35)55-50(57-51)36-21-19-34(20-22-36)33-12-5-3-6-13-33/h3-30,32H,1-2H3. The van der Waals surface area contributed by atoms with Gasteiger partial charge >= 0.3 is 0 Å². The Balaban J connectivity index is 1.14. The molecule has 7 aromatic carbocycles. The summed E-state index contributed by atoms with van der Waals surface area (Å²) in [5.41, 5.74) is 14.3. The first kappa shape index (κ1) is 34.0. The van der Waals surface area contributed by atoms with Crippen LogP contribution in [0.1, 0.15) is 30.5 Å². The van der Waals surface area contributed by atoms with Gasteiger partial charge in [-0.1, -0.05) is 141 Å². The average molecular weight is 730 g/mol. The van der Waals surface area contributed by atoms with Gasteiger partial charge in [0, 0.05) is 45.4 Å².